The Balaban J connectivity index is 2.06. The molecular formula is C13H11BrN2OS. The molecule has 0 saturated heterocycles. The van der Waals surface area contributed by atoms with E-state index in [-0.39, 0.29) is 5.91 Å². The molecule has 0 spiro atoms. The van der Waals surface area contributed by atoms with Crippen molar-refractivity contribution in [2.45, 2.75) is 13.3 Å². The first-order valence-electron chi connectivity index (χ1n) is 5.59. The molecule has 1 amide bonds. The van der Waals surface area contributed by atoms with Crippen LogP contribution < -0.4 is 4.90 Å². The number of hydrogen-bond acceptors (Lipinski definition) is 3. The van der Waals surface area contributed by atoms with E-state index < -0.39 is 0 Å². The van der Waals surface area contributed by atoms with Gasteiger partial charge in [0, 0.05) is 18.3 Å². The Labute approximate surface area is 118 Å². The molecule has 1 aromatic heterocycles. The maximum atomic E-state index is 11.6. The van der Waals surface area contributed by atoms with E-state index in [9.17, 15) is 4.79 Å². The number of thiazole rings is 1. The minimum atomic E-state index is 0.152. The van der Waals surface area contributed by atoms with Crippen molar-refractivity contribution in [3.63, 3.8) is 0 Å². The minimum Gasteiger partial charge on any atom is -0.315 e. The van der Waals surface area contributed by atoms with E-state index in [0.717, 1.165) is 31.3 Å². The maximum absolute atomic E-state index is 11.6. The zero-order valence-corrected chi connectivity index (χ0v) is 12.4. The van der Waals surface area contributed by atoms with Gasteiger partial charge in [0.15, 0.2) is 0 Å². The summed E-state index contributed by atoms with van der Waals surface area (Å²) in [6.45, 7) is 1.98. The van der Waals surface area contributed by atoms with Crippen LogP contribution in [0.5, 0.6) is 0 Å². The van der Waals surface area contributed by atoms with Crippen molar-refractivity contribution in [3.05, 3.63) is 33.2 Å². The van der Waals surface area contributed by atoms with Crippen LogP contribution in [0.3, 0.4) is 0 Å². The van der Waals surface area contributed by atoms with Crippen LogP contribution in [0.2, 0.25) is 0 Å². The van der Waals surface area contributed by atoms with Crippen LogP contribution in [0, 0.1) is 6.92 Å². The van der Waals surface area contributed by atoms with Crippen molar-refractivity contribution < 1.29 is 4.79 Å². The zero-order chi connectivity index (χ0) is 12.9. The molecule has 92 valence electrons. The van der Waals surface area contributed by atoms with Gasteiger partial charge in [-0.2, -0.15) is 0 Å². The molecule has 0 saturated carbocycles. The largest absolute Gasteiger partial charge is 0.315 e. The summed E-state index contributed by atoms with van der Waals surface area (Å²) >= 11 is 5.11. The van der Waals surface area contributed by atoms with Crippen LogP contribution >= 0.6 is 27.3 Å². The van der Waals surface area contributed by atoms with Crippen LogP contribution in [0.15, 0.2) is 22.0 Å². The van der Waals surface area contributed by atoms with Gasteiger partial charge in [0.1, 0.15) is 5.01 Å². The summed E-state index contributed by atoms with van der Waals surface area (Å²) in [5.74, 6) is 0.152. The molecule has 5 heteroatoms. The minimum absolute atomic E-state index is 0.152. The highest BCUT2D eigenvalue weighted by Crippen LogP contribution is 2.35. The normalized spacial score (nSPS) is 14.2. The summed E-state index contributed by atoms with van der Waals surface area (Å²) in [5, 5.41) is 0.990. The van der Waals surface area contributed by atoms with Crippen molar-refractivity contribution in [1.82, 2.24) is 4.98 Å². The van der Waals surface area contributed by atoms with Gasteiger partial charge in [0.2, 0.25) is 5.91 Å². The first kappa shape index (κ1) is 11.9. The molecule has 3 nitrogen and oxygen atoms in total. The quantitative estimate of drug-likeness (QED) is 0.806. The molecule has 0 N–H and O–H groups in total. The van der Waals surface area contributed by atoms with E-state index in [2.05, 4.69) is 27.0 Å². The smallest absolute Gasteiger partial charge is 0.231 e. The third-order valence-corrected chi connectivity index (χ3v) is 5.20. The van der Waals surface area contributed by atoms with E-state index in [1.807, 2.05) is 26.1 Å². The topological polar surface area (TPSA) is 33.2 Å². The van der Waals surface area contributed by atoms with Crippen LogP contribution in [0.25, 0.3) is 10.6 Å². The molecule has 0 radical (unpaired) electrons. The molecule has 1 aliphatic rings. The lowest BCUT2D eigenvalue weighted by Crippen LogP contribution is -2.20. The number of aromatic nitrogens is 1. The standard InChI is InChI=1S/C13H11BrN2OS/c1-7-12(14)18-13(15-7)8-3-4-10-9(5-8)6-11(17)16(10)2/h3-5H,6H2,1-2H3. The van der Waals surface area contributed by atoms with Gasteiger partial charge in [-0.3, -0.25) is 4.79 Å². The summed E-state index contributed by atoms with van der Waals surface area (Å²) in [6.07, 6.45) is 0.491. The number of amides is 1. The van der Waals surface area contributed by atoms with Gasteiger partial charge in [-0.1, -0.05) is 0 Å². The Kier molecular flexibility index (Phi) is 2.75. The van der Waals surface area contributed by atoms with Gasteiger partial charge in [-0.05, 0) is 46.6 Å². The average Bonchev–Trinajstić information content (AvgIpc) is 2.81. The molecule has 2 heterocycles. The lowest BCUT2D eigenvalue weighted by molar-refractivity contribution is -0.117. The van der Waals surface area contributed by atoms with Crippen molar-refractivity contribution in [2.24, 2.45) is 0 Å². The SMILES string of the molecule is Cc1nc(-c2ccc3c(c2)CC(=O)N3C)sc1Br. The van der Waals surface area contributed by atoms with E-state index in [0.29, 0.717) is 6.42 Å². The molecule has 0 atom stereocenters. The molecule has 0 fully saturated rings. The third kappa shape index (κ3) is 1.78. The molecule has 1 aliphatic heterocycles. The highest BCUT2D eigenvalue weighted by atomic mass is 79.9. The molecular weight excluding hydrogens is 312 g/mol. The molecule has 3 rings (SSSR count). The van der Waals surface area contributed by atoms with Gasteiger partial charge in [0.25, 0.3) is 0 Å². The Bertz CT molecular complexity index is 631. The Morgan fingerprint density at radius 3 is 2.89 bits per heavy atom. The van der Waals surface area contributed by atoms with Crippen LogP contribution in [-0.2, 0) is 11.2 Å². The summed E-state index contributed by atoms with van der Waals surface area (Å²) < 4.78 is 1.06. The average molecular weight is 323 g/mol. The van der Waals surface area contributed by atoms with Gasteiger partial charge in [0.05, 0.1) is 15.9 Å². The van der Waals surface area contributed by atoms with Crippen LogP contribution in [-0.4, -0.2) is 17.9 Å². The number of likely N-dealkylation sites (N-methyl/N-ethyl adjacent to an activating group) is 1. The number of carbonyl (C=O) groups is 1. The lowest BCUT2D eigenvalue weighted by atomic mass is 10.1. The lowest BCUT2D eigenvalue weighted by Gasteiger charge is -2.09. The molecule has 2 aromatic rings. The summed E-state index contributed by atoms with van der Waals surface area (Å²) in [4.78, 5) is 17.9. The van der Waals surface area contributed by atoms with Crippen LogP contribution in [0.4, 0.5) is 5.69 Å². The van der Waals surface area contributed by atoms with Crippen molar-refractivity contribution in [1.29, 1.82) is 0 Å². The Morgan fingerprint density at radius 2 is 2.22 bits per heavy atom. The number of benzene rings is 1. The van der Waals surface area contributed by atoms with E-state index in [1.165, 1.54) is 0 Å². The fourth-order valence-electron chi connectivity index (χ4n) is 2.10. The van der Waals surface area contributed by atoms with E-state index >= 15 is 0 Å². The number of nitrogens with zero attached hydrogens (tertiary/aromatic N) is 2. The van der Waals surface area contributed by atoms with Gasteiger partial charge < -0.3 is 4.90 Å². The number of rotatable bonds is 1. The predicted molar refractivity (Wildman–Crippen MR) is 77.1 cm³/mol. The summed E-state index contributed by atoms with van der Waals surface area (Å²) in [6, 6.07) is 6.10. The maximum Gasteiger partial charge on any atom is 0.231 e. The van der Waals surface area contributed by atoms with Gasteiger partial charge in [-0.15, -0.1) is 11.3 Å². The fourth-order valence-corrected chi connectivity index (χ4v) is 3.44. The third-order valence-electron chi connectivity index (χ3n) is 3.14. The zero-order valence-electron chi connectivity index (χ0n) is 10.0. The van der Waals surface area contributed by atoms with Crippen molar-refractivity contribution in [3.8, 4) is 10.6 Å². The Morgan fingerprint density at radius 1 is 1.44 bits per heavy atom. The second kappa shape index (κ2) is 4.17. The highest BCUT2D eigenvalue weighted by molar-refractivity contribution is 9.11. The predicted octanol–water partition coefficient (Wildman–Crippen LogP) is 3.40. The first-order chi connectivity index (χ1) is 8.56. The molecule has 0 aliphatic carbocycles. The molecule has 0 unspecified atom stereocenters. The molecule has 1 aromatic carbocycles. The number of carbonyl (C=O) groups excluding carboxylic acids is 1. The monoisotopic (exact) mass is 322 g/mol. The number of fused-ring (bicyclic) bond motifs is 1. The molecule has 0 bridgehead atoms. The summed E-state index contributed by atoms with van der Waals surface area (Å²) in [7, 11) is 1.82. The molecule has 18 heavy (non-hydrogen) atoms. The van der Waals surface area contributed by atoms with Crippen molar-refractivity contribution >= 4 is 38.9 Å². The Hall–Kier alpha value is -1.20. The number of halogens is 1. The van der Waals surface area contributed by atoms with E-state index in [4.69, 9.17) is 0 Å². The van der Waals surface area contributed by atoms with Gasteiger partial charge >= 0.3 is 0 Å². The highest BCUT2D eigenvalue weighted by Gasteiger charge is 2.24. The van der Waals surface area contributed by atoms with Gasteiger partial charge in [-0.25, -0.2) is 4.98 Å². The second-order valence-corrected chi connectivity index (χ2v) is 6.67. The van der Waals surface area contributed by atoms with Crippen molar-refractivity contribution in [2.75, 3.05) is 11.9 Å². The van der Waals surface area contributed by atoms with E-state index in [1.54, 1.807) is 16.2 Å². The number of aryl methyl sites for hydroxylation is 1. The number of hydrogen-bond donors (Lipinski definition) is 0. The summed E-state index contributed by atoms with van der Waals surface area (Å²) in [5.41, 5.74) is 4.18. The second-order valence-electron chi connectivity index (χ2n) is 4.35. The van der Waals surface area contributed by atoms with Crippen LogP contribution in [0.1, 0.15) is 11.3 Å². The fraction of sp³-hybridized carbons (Fsp3) is 0.231. The first-order valence-corrected chi connectivity index (χ1v) is 7.20. The number of anilines is 1.